The quantitative estimate of drug-likeness (QED) is 0.660. The van der Waals surface area contributed by atoms with Crippen LogP contribution in [0.1, 0.15) is 18.9 Å². The molecule has 0 spiro atoms. The second kappa shape index (κ2) is 5.21. The van der Waals surface area contributed by atoms with E-state index in [1.54, 1.807) is 18.2 Å². The minimum absolute atomic E-state index is 0.236. The van der Waals surface area contributed by atoms with Crippen molar-refractivity contribution in [1.29, 1.82) is 0 Å². The number of rotatable bonds is 3. The van der Waals surface area contributed by atoms with E-state index in [0.717, 1.165) is 18.4 Å². The molecule has 3 rings (SSSR count). The molecule has 2 aromatic heterocycles. The lowest BCUT2D eigenvalue weighted by Gasteiger charge is -2.06. The van der Waals surface area contributed by atoms with Crippen LogP contribution < -0.4 is 0 Å². The molecule has 0 aliphatic carbocycles. The number of fused-ring (bicyclic) bond motifs is 1. The summed E-state index contributed by atoms with van der Waals surface area (Å²) in [6, 6.07) is 6.59. The first kappa shape index (κ1) is 13.1. The van der Waals surface area contributed by atoms with E-state index in [2.05, 4.69) is 9.97 Å². The van der Waals surface area contributed by atoms with Gasteiger partial charge in [-0.1, -0.05) is 37.1 Å². The van der Waals surface area contributed by atoms with E-state index in [1.165, 1.54) is 12.4 Å². The van der Waals surface area contributed by atoms with E-state index in [0.29, 0.717) is 22.0 Å². The molecule has 3 nitrogen and oxygen atoms in total. The Bertz CT molecular complexity index is 770. The molecule has 0 bridgehead atoms. The van der Waals surface area contributed by atoms with E-state index in [-0.39, 0.29) is 11.4 Å². The van der Waals surface area contributed by atoms with Crippen molar-refractivity contribution >= 4 is 22.6 Å². The first-order chi connectivity index (χ1) is 9.70. The monoisotopic (exact) mass is 290 g/mol. The van der Waals surface area contributed by atoms with Crippen molar-refractivity contribution in [3.63, 3.8) is 0 Å². The summed E-state index contributed by atoms with van der Waals surface area (Å²) < 4.78 is 19.3. The highest BCUT2D eigenvalue weighted by Gasteiger charge is 2.16. The third-order valence-electron chi connectivity index (χ3n) is 3.12. The van der Waals surface area contributed by atoms with Gasteiger partial charge >= 0.3 is 0 Å². The molecule has 0 amide bonds. The summed E-state index contributed by atoms with van der Waals surface area (Å²) >= 11 is 6.12. The van der Waals surface area contributed by atoms with Gasteiger partial charge in [-0.25, -0.2) is 14.4 Å². The number of hydrogen-bond donors (Lipinski definition) is 0. The zero-order valence-electron chi connectivity index (χ0n) is 10.9. The predicted octanol–water partition coefficient (Wildman–Crippen LogP) is 4.63. The van der Waals surface area contributed by atoms with Gasteiger partial charge in [-0.05, 0) is 18.6 Å². The van der Waals surface area contributed by atoms with Gasteiger partial charge in [0.1, 0.15) is 17.2 Å². The van der Waals surface area contributed by atoms with E-state index in [9.17, 15) is 4.39 Å². The fraction of sp³-hybridized carbons (Fsp3) is 0.200. The highest BCUT2D eigenvalue weighted by Crippen LogP contribution is 2.32. The summed E-state index contributed by atoms with van der Waals surface area (Å²) in [6.07, 6.45) is 3.05. The maximum Gasteiger partial charge on any atom is 0.170 e. The van der Waals surface area contributed by atoms with Crippen molar-refractivity contribution in [2.75, 3.05) is 0 Å². The van der Waals surface area contributed by atoms with Crippen LogP contribution in [0.25, 0.3) is 22.4 Å². The molecule has 0 aliphatic rings. The summed E-state index contributed by atoms with van der Waals surface area (Å²) in [5.74, 6) is 0.129. The molecule has 20 heavy (non-hydrogen) atoms. The molecule has 1 aromatic carbocycles. The molecular formula is C15H12ClFN2O. The topological polar surface area (TPSA) is 38.9 Å². The molecular weight excluding hydrogens is 279 g/mol. The fourth-order valence-electron chi connectivity index (χ4n) is 2.22. The molecule has 0 radical (unpaired) electrons. The zero-order chi connectivity index (χ0) is 14.1. The maximum absolute atomic E-state index is 13.7. The van der Waals surface area contributed by atoms with Gasteiger partial charge in [-0.15, -0.1) is 0 Å². The van der Waals surface area contributed by atoms with E-state index < -0.39 is 0 Å². The van der Waals surface area contributed by atoms with Crippen molar-refractivity contribution in [2.45, 2.75) is 19.8 Å². The average Bonchev–Trinajstić information content (AvgIpc) is 2.86. The predicted molar refractivity (Wildman–Crippen MR) is 76.2 cm³/mol. The Morgan fingerprint density at radius 2 is 2.15 bits per heavy atom. The number of halogens is 2. The minimum Gasteiger partial charge on any atom is -0.451 e. The van der Waals surface area contributed by atoms with Gasteiger partial charge in [0.05, 0.1) is 0 Å². The Labute approximate surface area is 120 Å². The van der Waals surface area contributed by atoms with Crippen LogP contribution >= 0.6 is 11.6 Å². The normalized spacial score (nSPS) is 11.2. The zero-order valence-corrected chi connectivity index (χ0v) is 11.6. The van der Waals surface area contributed by atoms with Crippen LogP contribution in [-0.2, 0) is 6.42 Å². The molecule has 0 saturated heterocycles. The van der Waals surface area contributed by atoms with Crippen LogP contribution in [0.2, 0.25) is 5.15 Å². The van der Waals surface area contributed by atoms with Gasteiger partial charge in [0.25, 0.3) is 0 Å². The summed E-state index contributed by atoms with van der Waals surface area (Å²) in [6.45, 7) is 2.05. The van der Waals surface area contributed by atoms with E-state index in [1.807, 2.05) is 6.92 Å². The smallest absolute Gasteiger partial charge is 0.170 e. The molecule has 0 saturated carbocycles. The van der Waals surface area contributed by atoms with Crippen molar-refractivity contribution in [3.8, 4) is 11.5 Å². The van der Waals surface area contributed by atoms with Gasteiger partial charge in [-0.3, -0.25) is 0 Å². The molecule has 0 unspecified atom stereocenters. The SMILES string of the molecule is CCCc1c(Cl)ncnc1-c1cc2cccc(F)c2o1. The van der Waals surface area contributed by atoms with Gasteiger partial charge in [0.15, 0.2) is 17.2 Å². The molecule has 3 aromatic rings. The van der Waals surface area contributed by atoms with Crippen molar-refractivity contribution in [1.82, 2.24) is 9.97 Å². The Hall–Kier alpha value is -1.94. The van der Waals surface area contributed by atoms with Crippen LogP contribution in [0.5, 0.6) is 0 Å². The third-order valence-corrected chi connectivity index (χ3v) is 3.45. The highest BCUT2D eigenvalue weighted by molar-refractivity contribution is 6.30. The third kappa shape index (κ3) is 2.16. The van der Waals surface area contributed by atoms with Crippen LogP contribution in [0, 0.1) is 5.82 Å². The number of furan rings is 1. The number of benzene rings is 1. The maximum atomic E-state index is 13.7. The molecule has 0 fully saturated rings. The first-order valence-electron chi connectivity index (χ1n) is 6.38. The summed E-state index contributed by atoms with van der Waals surface area (Å²) in [4.78, 5) is 8.24. The van der Waals surface area contributed by atoms with Crippen molar-refractivity contribution in [3.05, 3.63) is 47.1 Å². The van der Waals surface area contributed by atoms with Crippen LogP contribution in [0.4, 0.5) is 4.39 Å². The summed E-state index contributed by atoms with van der Waals surface area (Å²) in [7, 11) is 0. The Kier molecular flexibility index (Phi) is 3.40. The van der Waals surface area contributed by atoms with E-state index >= 15 is 0 Å². The van der Waals surface area contributed by atoms with E-state index in [4.69, 9.17) is 16.0 Å². The number of para-hydroxylation sites is 1. The Balaban J connectivity index is 2.20. The Morgan fingerprint density at radius 3 is 2.90 bits per heavy atom. The Morgan fingerprint density at radius 1 is 1.30 bits per heavy atom. The second-order valence-electron chi connectivity index (χ2n) is 4.51. The number of nitrogens with zero attached hydrogens (tertiary/aromatic N) is 2. The standard InChI is InChI=1S/C15H12ClFN2O/c1-2-4-10-13(18-8-19-15(10)16)12-7-9-5-3-6-11(17)14(9)20-12/h3,5-8H,2,4H2,1H3. The summed E-state index contributed by atoms with van der Waals surface area (Å²) in [5.41, 5.74) is 1.69. The molecule has 2 heterocycles. The lowest BCUT2D eigenvalue weighted by molar-refractivity contribution is 0.567. The lowest BCUT2D eigenvalue weighted by Crippen LogP contribution is -1.95. The van der Waals surface area contributed by atoms with Crippen molar-refractivity contribution < 1.29 is 8.81 Å². The highest BCUT2D eigenvalue weighted by atomic mass is 35.5. The van der Waals surface area contributed by atoms with Gasteiger partial charge < -0.3 is 4.42 Å². The number of hydrogen-bond acceptors (Lipinski definition) is 3. The largest absolute Gasteiger partial charge is 0.451 e. The van der Waals surface area contributed by atoms with Crippen molar-refractivity contribution in [2.24, 2.45) is 0 Å². The van der Waals surface area contributed by atoms with Gasteiger partial charge in [0.2, 0.25) is 0 Å². The molecule has 102 valence electrons. The molecule has 5 heteroatoms. The minimum atomic E-state index is -0.383. The van der Waals surface area contributed by atoms with Crippen LogP contribution in [0.15, 0.2) is 35.0 Å². The van der Waals surface area contributed by atoms with Gasteiger partial charge in [0, 0.05) is 10.9 Å². The fourth-order valence-corrected chi connectivity index (χ4v) is 2.45. The average molecular weight is 291 g/mol. The summed E-state index contributed by atoms with van der Waals surface area (Å²) in [5, 5.41) is 1.12. The molecule has 0 atom stereocenters. The lowest BCUT2D eigenvalue weighted by atomic mass is 10.1. The first-order valence-corrected chi connectivity index (χ1v) is 6.76. The molecule has 0 N–H and O–H groups in total. The van der Waals surface area contributed by atoms with Crippen LogP contribution in [0.3, 0.4) is 0 Å². The number of aromatic nitrogens is 2. The second-order valence-corrected chi connectivity index (χ2v) is 4.87. The van der Waals surface area contributed by atoms with Gasteiger partial charge in [-0.2, -0.15) is 0 Å². The molecule has 0 aliphatic heterocycles. The van der Waals surface area contributed by atoms with Crippen LogP contribution in [-0.4, -0.2) is 9.97 Å².